The number of aryl methyl sites for hydroxylation is 1. The molecule has 7 heteroatoms. The number of hydrogen-bond donors (Lipinski definition) is 1. The van der Waals surface area contributed by atoms with Crippen LogP contribution in [0.25, 0.3) is 0 Å². The van der Waals surface area contributed by atoms with Gasteiger partial charge in [-0.2, -0.15) is 0 Å². The summed E-state index contributed by atoms with van der Waals surface area (Å²) in [4.78, 5) is 20.4. The lowest BCUT2D eigenvalue weighted by molar-refractivity contribution is 0.0996. The third kappa shape index (κ3) is 5.09. The van der Waals surface area contributed by atoms with E-state index < -0.39 is 0 Å². The van der Waals surface area contributed by atoms with Gasteiger partial charge in [0.05, 0.1) is 12.3 Å². The summed E-state index contributed by atoms with van der Waals surface area (Å²) in [5, 5.41) is 4.06. The Morgan fingerprint density at radius 1 is 0.972 bits per heavy atom. The number of amides is 1. The van der Waals surface area contributed by atoms with Crippen molar-refractivity contribution in [3.8, 4) is 0 Å². The summed E-state index contributed by atoms with van der Waals surface area (Å²) in [7, 11) is 0. The highest BCUT2D eigenvalue weighted by Crippen LogP contribution is 2.43. The quantitative estimate of drug-likeness (QED) is 0.272. The van der Waals surface area contributed by atoms with Crippen molar-refractivity contribution in [1.29, 1.82) is 0 Å². The second kappa shape index (κ2) is 10.9. The van der Waals surface area contributed by atoms with E-state index in [1.54, 1.807) is 35.2 Å². The lowest BCUT2D eigenvalue weighted by Gasteiger charge is -2.41. The maximum atomic E-state index is 12.9. The van der Waals surface area contributed by atoms with Crippen molar-refractivity contribution in [2.24, 2.45) is 0 Å². The highest BCUT2D eigenvalue weighted by Gasteiger charge is 2.32. The number of para-hydroxylation sites is 1. The van der Waals surface area contributed by atoms with Crippen molar-refractivity contribution in [2.75, 3.05) is 42.7 Å². The van der Waals surface area contributed by atoms with Gasteiger partial charge in [0.2, 0.25) is 0 Å². The second-order valence-electron chi connectivity index (χ2n) is 8.99. The van der Waals surface area contributed by atoms with Crippen molar-refractivity contribution in [1.82, 2.24) is 4.90 Å². The first-order chi connectivity index (χ1) is 17.5. The van der Waals surface area contributed by atoms with Gasteiger partial charge in [-0.3, -0.25) is 9.69 Å². The number of anilines is 2. The fraction of sp³-hybridized carbons (Fsp3) is 0.276. The van der Waals surface area contributed by atoms with E-state index in [0.29, 0.717) is 5.76 Å². The fourth-order valence-corrected chi connectivity index (χ4v) is 6.36. The molecule has 186 valence electrons. The monoisotopic (exact) mass is 517 g/mol. The van der Waals surface area contributed by atoms with E-state index in [1.165, 1.54) is 38.4 Å². The summed E-state index contributed by atoms with van der Waals surface area (Å²) in [6, 6.07) is 23.0. The number of hydrogen-bond acceptors (Lipinski definition) is 6. The van der Waals surface area contributed by atoms with Crippen LogP contribution < -0.4 is 10.2 Å². The van der Waals surface area contributed by atoms with Gasteiger partial charge in [-0.25, -0.2) is 0 Å². The van der Waals surface area contributed by atoms with Gasteiger partial charge in [-0.1, -0.05) is 30.3 Å². The van der Waals surface area contributed by atoms with Crippen molar-refractivity contribution in [2.45, 2.75) is 24.8 Å². The zero-order chi connectivity index (χ0) is 25.1. The molecule has 0 aliphatic carbocycles. The Morgan fingerprint density at radius 2 is 1.69 bits per heavy atom. The number of carbonyl (C=O) groups is 1. The average Bonchev–Trinajstić information content (AvgIpc) is 3.55. The van der Waals surface area contributed by atoms with Crippen LogP contribution in [0.15, 0.2) is 82.3 Å². The van der Waals surface area contributed by atoms with Gasteiger partial charge in [0.25, 0.3) is 5.91 Å². The predicted octanol–water partition coefficient (Wildman–Crippen LogP) is 6.84. The average molecular weight is 518 g/mol. The highest BCUT2D eigenvalue weighted by atomic mass is 32.2. The van der Waals surface area contributed by atoms with E-state index in [0.717, 1.165) is 31.2 Å². The lowest BCUT2D eigenvalue weighted by atomic mass is 9.94. The normalized spacial score (nSPS) is 15.1. The summed E-state index contributed by atoms with van der Waals surface area (Å²) in [5.74, 6) is 0.106. The lowest BCUT2D eigenvalue weighted by Crippen LogP contribution is -2.48. The van der Waals surface area contributed by atoms with Crippen LogP contribution in [0.1, 0.15) is 38.2 Å². The standard InChI is InChI=1S/C29H31N3O2S2/c1-20-21(2)36-29(30-28(33)25-10-7-19-34-25)26(20)27(22-11-13-24(35-3)14-12-22)32-17-15-31(16-18-32)23-8-5-4-6-9-23/h4-14,19,27H,15-18H2,1-3H3,(H,30,33)/t27-/m0/s1. The summed E-state index contributed by atoms with van der Waals surface area (Å²) < 4.78 is 5.36. The summed E-state index contributed by atoms with van der Waals surface area (Å²) in [6.45, 7) is 8.09. The molecule has 1 aliphatic heterocycles. The Kier molecular flexibility index (Phi) is 7.51. The molecule has 4 aromatic rings. The molecule has 1 aliphatic rings. The molecule has 3 heterocycles. The minimum absolute atomic E-state index is 0.0516. The zero-order valence-electron chi connectivity index (χ0n) is 20.9. The van der Waals surface area contributed by atoms with E-state index in [2.05, 4.69) is 89.8 Å². The molecule has 0 unspecified atom stereocenters. The molecule has 36 heavy (non-hydrogen) atoms. The van der Waals surface area contributed by atoms with E-state index in [-0.39, 0.29) is 11.9 Å². The molecule has 2 aromatic carbocycles. The first kappa shape index (κ1) is 24.7. The topological polar surface area (TPSA) is 48.7 Å². The Morgan fingerprint density at radius 3 is 2.33 bits per heavy atom. The molecule has 5 rings (SSSR count). The molecule has 1 amide bonds. The smallest absolute Gasteiger partial charge is 0.291 e. The molecule has 0 bridgehead atoms. The van der Waals surface area contributed by atoms with E-state index in [9.17, 15) is 4.79 Å². The third-order valence-electron chi connectivity index (χ3n) is 6.91. The van der Waals surface area contributed by atoms with Crippen LogP contribution in [0.5, 0.6) is 0 Å². The third-order valence-corrected chi connectivity index (χ3v) is 8.79. The van der Waals surface area contributed by atoms with Gasteiger partial charge in [-0.05, 0) is 67.6 Å². The van der Waals surface area contributed by atoms with Crippen LogP contribution in [-0.4, -0.2) is 43.2 Å². The first-order valence-electron chi connectivity index (χ1n) is 12.2. The molecule has 2 aromatic heterocycles. The number of furan rings is 1. The van der Waals surface area contributed by atoms with Crippen molar-refractivity contribution >= 4 is 39.7 Å². The SMILES string of the molecule is CSc1ccc([C@@H](c2c(NC(=O)c3ccco3)sc(C)c2C)N2CCN(c3ccccc3)CC2)cc1. The Bertz CT molecular complexity index is 1290. The fourth-order valence-electron chi connectivity index (χ4n) is 4.86. The number of nitrogens with zero attached hydrogens (tertiary/aromatic N) is 2. The summed E-state index contributed by atoms with van der Waals surface area (Å²) >= 11 is 3.39. The highest BCUT2D eigenvalue weighted by molar-refractivity contribution is 7.98. The molecule has 1 N–H and O–H groups in total. The molecule has 0 radical (unpaired) electrons. The molecule has 0 saturated carbocycles. The number of piperazine rings is 1. The number of rotatable bonds is 7. The van der Waals surface area contributed by atoms with Crippen LogP contribution in [-0.2, 0) is 0 Å². The molecule has 1 saturated heterocycles. The molecular weight excluding hydrogens is 486 g/mol. The molecule has 5 nitrogen and oxygen atoms in total. The predicted molar refractivity (Wildman–Crippen MR) is 151 cm³/mol. The van der Waals surface area contributed by atoms with Crippen LogP contribution >= 0.6 is 23.1 Å². The zero-order valence-corrected chi connectivity index (χ0v) is 22.5. The van der Waals surface area contributed by atoms with Crippen LogP contribution in [0.2, 0.25) is 0 Å². The summed E-state index contributed by atoms with van der Waals surface area (Å²) in [6.07, 6.45) is 3.63. The van der Waals surface area contributed by atoms with Crippen LogP contribution in [0.4, 0.5) is 10.7 Å². The van der Waals surface area contributed by atoms with Gasteiger partial charge in [-0.15, -0.1) is 23.1 Å². The Hall–Kier alpha value is -3.00. The van der Waals surface area contributed by atoms with Crippen molar-refractivity contribution in [3.63, 3.8) is 0 Å². The van der Waals surface area contributed by atoms with Crippen LogP contribution in [0, 0.1) is 13.8 Å². The van der Waals surface area contributed by atoms with Gasteiger partial charge < -0.3 is 14.6 Å². The Balaban J connectivity index is 1.49. The van der Waals surface area contributed by atoms with Gasteiger partial charge in [0, 0.05) is 47.2 Å². The Labute approximate surface area is 221 Å². The van der Waals surface area contributed by atoms with Gasteiger partial charge in [0.1, 0.15) is 5.00 Å². The number of carbonyl (C=O) groups excluding carboxylic acids is 1. The molecule has 0 spiro atoms. The molecule has 1 fully saturated rings. The minimum atomic E-state index is -0.215. The largest absolute Gasteiger partial charge is 0.459 e. The number of nitrogens with one attached hydrogen (secondary N) is 1. The summed E-state index contributed by atoms with van der Waals surface area (Å²) in [5.41, 5.74) is 4.93. The van der Waals surface area contributed by atoms with E-state index >= 15 is 0 Å². The molecular formula is C29H31N3O2S2. The van der Waals surface area contributed by atoms with E-state index in [1.807, 2.05) is 0 Å². The van der Waals surface area contributed by atoms with Crippen molar-refractivity contribution < 1.29 is 9.21 Å². The number of thioether (sulfide) groups is 1. The van der Waals surface area contributed by atoms with Gasteiger partial charge >= 0.3 is 0 Å². The van der Waals surface area contributed by atoms with E-state index in [4.69, 9.17) is 4.42 Å². The first-order valence-corrected chi connectivity index (χ1v) is 14.2. The minimum Gasteiger partial charge on any atom is -0.459 e. The number of thiophene rings is 1. The maximum Gasteiger partial charge on any atom is 0.291 e. The second-order valence-corrected chi connectivity index (χ2v) is 11.1. The number of benzene rings is 2. The van der Waals surface area contributed by atoms with Crippen molar-refractivity contribution in [3.05, 3.63) is 100 Å². The molecule has 1 atom stereocenters. The van der Waals surface area contributed by atoms with Gasteiger partial charge in [0.15, 0.2) is 5.76 Å². The van der Waals surface area contributed by atoms with Crippen LogP contribution in [0.3, 0.4) is 0 Å². The maximum absolute atomic E-state index is 12.9.